The van der Waals surface area contributed by atoms with Gasteiger partial charge in [-0.05, 0) is 29.0 Å². The van der Waals surface area contributed by atoms with Crippen LogP contribution in [-0.2, 0) is 6.54 Å². The molecule has 1 aliphatic heterocycles. The molecule has 2 rings (SSSR count). The summed E-state index contributed by atoms with van der Waals surface area (Å²) in [5.74, 6) is 0.974. The summed E-state index contributed by atoms with van der Waals surface area (Å²) in [6.07, 6.45) is 0. The molecule has 3 N–H and O–H groups in total. The molecule has 1 aliphatic rings. The van der Waals surface area contributed by atoms with Crippen molar-refractivity contribution in [1.29, 1.82) is 0 Å². The van der Waals surface area contributed by atoms with E-state index in [0.29, 0.717) is 18.4 Å². The highest BCUT2D eigenvalue weighted by Gasteiger charge is 2.22. The van der Waals surface area contributed by atoms with E-state index in [2.05, 4.69) is 32.2 Å². The van der Waals surface area contributed by atoms with E-state index in [1.54, 1.807) is 11.9 Å². The van der Waals surface area contributed by atoms with E-state index in [0.717, 1.165) is 16.8 Å². The van der Waals surface area contributed by atoms with Crippen molar-refractivity contribution in [1.82, 2.24) is 4.90 Å². The molecule has 4 nitrogen and oxygen atoms in total. The van der Waals surface area contributed by atoms with Crippen molar-refractivity contribution >= 4 is 11.7 Å². The van der Waals surface area contributed by atoms with Crippen molar-refractivity contribution in [3.8, 4) is 0 Å². The van der Waals surface area contributed by atoms with Crippen LogP contribution in [0.5, 0.6) is 0 Å². The molecule has 4 heteroatoms. The third-order valence-corrected chi connectivity index (χ3v) is 4.13. The van der Waals surface area contributed by atoms with Crippen molar-refractivity contribution in [3.63, 3.8) is 0 Å². The second-order valence-corrected chi connectivity index (χ2v) is 5.83. The third-order valence-electron chi connectivity index (χ3n) is 4.13. The minimum atomic E-state index is -0.0555. The molecule has 0 saturated carbocycles. The smallest absolute Gasteiger partial charge is 0.321 e. The van der Waals surface area contributed by atoms with E-state index in [9.17, 15) is 4.79 Å². The second-order valence-electron chi connectivity index (χ2n) is 5.83. The molecule has 0 radical (unpaired) electrons. The fourth-order valence-corrected chi connectivity index (χ4v) is 2.33. The maximum absolute atomic E-state index is 11.6. The number of carbonyl (C=O) groups excluding carboxylic acids is 1. The van der Waals surface area contributed by atoms with Crippen LogP contribution in [0.15, 0.2) is 18.2 Å². The maximum Gasteiger partial charge on any atom is 0.321 e. The number of anilines is 1. The van der Waals surface area contributed by atoms with E-state index in [1.165, 1.54) is 0 Å². The number of nitrogens with one attached hydrogen (secondary N) is 1. The molecule has 104 valence electrons. The van der Waals surface area contributed by atoms with Gasteiger partial charge in [0.15, 0.2) is 0 Å². The Hall–Kier alpha value is -1.55. The second kappa shape index (κ2) is 5.21. The highest BCUT2D eigenvalue weighted by atomic mass is 16.2. The lowest BCUT2D eigenvalue weighted by molar-refractivity contribution is 0.218. The number of benzene rings is 1. The normalized spacial score (nSPS) is 18.0. The Bertz CT molecular complexity index is 484. The molecule has 0 spiro atoms. The average Bonchev–Trinajstić information content (AvgIpc) is 2.37. The first kappa shape index (κ1) is 13.9. The SMILES string of the molecule is CC(C)C(C)C(N)c1ccc2c(c1)CN(C)C(=O)N2. The Morgan fingerprint density at radius 3 is 2.63 bits per heavy atom. The van der Waals surface area contributed by atoms with Crippen molar-refractivity contribution in [2.75, 3.05) is 12.4 Å². The summed E-state index contributed by atoms with van der Waals surface area (Å²) < 4.78 is 0. The summed E-state index contributed by atoms with van der Waals surface area (Å²) in [5.41, 5.74) is 9.51. The predicted octanol–water partition coefficient (Wildman–Crippen LogP) is 2.96. The summed E-state index contributed by atoms with van der Waals surface area (Å²) >= 11 is 0. The molecule has 2 unspecified atom stereocenters. The number of amides is 2. The average molecular weight is 261 g/mol. The lowest BCUT2D eigenvalue weighted by Crippen LogP contribution is -2.35. The van der Waals surface area contributed by atoms with Crippen LogP contribution in [0.4, 0.5) is 10.5 Å². The minimum absolute atomic E-state index is 0.0354. The van der Waals surface area contributed by atoms with Gasteiger partial charge in [0.2, 0.25) is 0 Å². The number of fused-ring (bicyclic) bond motifs is 1. The lowest BCUT2D eigenvalue weighted by atomic mass is 9.86. The van der Waals surface area contributed by atoms with Gasteiger partial charge in [0.25, 0.3) is 0 Å². The highest BCUT2D eigenvalue weighted by Crippen LogP contribution is 2.30. The van der Waals surface area contributed by atoms with Crippen LogP contribution in [0.3, 0.4) is 0 Å². The molecule has 2 atom stereocenters. The van der Waals surface area contributed by atoms with Crippen LogP contribution < -0.4 is 11.1 Å². The number of carbonyl (C=O) groups is 1. The van der Waals surface area contributed by atoms with E-state index >= 15 is 0 Å². The van der Waals surface area contributed by atoms with E-state index in [1.807, 2.05) is 12.1 Å². The summed E-state index contributed by atoms with van der Waals surface area (Å²) in [5, 5.41) is 2.87. The van der Waals surface area contributed by atoms with Gasteiger partial charge in [-0.1, -0.05) is 32.9 Å². The van der Waals surface area contributed by atoms with Gasteiger partial charge in [0.05, 0.1) is 0 Å². The Balaban J connectivity index is 2.26. The maximum atomic E-state index is 11.6. The zero-order valence-electron chi connectivity index (χ0n) is 12.1. The molecule has 0 aromatic heterocycles. The van der Waals surface area contributed by atoms with Crippen molar-refractivity contribution in [2.24, 2.45) is 17.6 Å². The third kappa shape index (κ3) is 2.73. The van der Waals surface area contributed by atoms with Gasteiger partial charge in [-0.25, -0.2) is 4.79 Å². The first-order valence-corrected chi connectivity index (χ1v) is 6.80. The molecule has 1 aromatic rings. The Kier molecular flexibility index (Phi) is 3.80. The topological polar surface area (TPSA) is 58.4 Å². The zero-order chi connectivity index (χ0) is 14.2. The highest BCUT2D eigenvalue weighted by molar-refractivity contribution is 5.92. The summed E-state index contributed by atoms with van der Waals surface area (Å²) in [6, 6.07) is 6.08. The molecular formula is C15H23N3O. The van der Waals surface area contributed by atoms with Crippen molar-refractivity contribution in [3.05, 3.63) is 29.3 Å². The Morgan fingerprint density at radius 1 is 1.32 bits per heavy atom. The number of hydrogen-bond donors (Lipinski definition) is 2. The van der Waals surface area contributed by atoms with Gasteiger partial charge >= 0.3 is 6.03 Å². The number of nitrogens with two attached hydrogens (primary N) is 1. The molecule has 2 amide bonds. The van der Waals surface area contributed by atoms with Gasteiger partial charge in [0, 0.05) is 25.3 Å². The predicted molar refractivity (Wildman–Crippen MR) is 77.9 cm³/mol. The molecular weight excluding hydrogens is 238 g/mol. The van der Waals surface area contributed by atoms with Crippen LogP contribution >= 0.6 is 0 Å². The molecule has 0 saturated heterocycles. The van der Waals surface area contributed by atoms with Crippen molar-refractivity contribution < 1.29 is 4.79 Å². The number of urea groups is 1. The standard InChI is InChI=1S/C15H23N3O/c1-9(2)10(3)14(16)11-5-6-13-12(7-11)8-18(4)15(19)17-13/h5-7,9-10,14H,8,16H2,1-4H3,(H,17,19). The number of nitrogens with zero attached hydrogens (tertiary/aromatic N) is 1. The summed E-state index contributed by atoms with van der Waals surface area (Å²) in [7, 11) is 1.79. The van der Waals surface area contributed by atoms with E-state index in [-0.39, 0.29) is 12.1 Å². The molecule has 0 fully saturated rings. The largest absolute Gasteiger partial charge is 0.324 e. The molecule has 19 heavy (non-hydrogen) atoms. The lowest BCUT2D eigenvalue weighted by Gasteiger charge is -2.28. The number of rotatable bonds is 3. The molecule has 0 aliphatic carbocycles. The van der Waals surface area contributed by atoms with Gasteiger partial charge < -0.3 is 16.0 Å². The summed E-state index contributed by atoms with van der Waals surface area (Å²) in [4.78, 5) is 13.2. The van der Waals surface area contributed by atoms with Gasteiger partial charge in [-0.2, -0.15) is 0 Å². The molecule has 0 bridgehead atoms. The number of hydrogen-bond acceptors (Lipinski definition) is 2. The van der Waals surface area contributed by atoms with Crippen molar-refractivity contribution in [2.45, 2.75) is 33.4 Å². The van der Waals surface area contributed by atoms with Crippen LogP contribution in [-0.4, -0.2) is 18.0 Å². The van der Waals surface area contributed by atoms with E-state index < -0.39 is 0 Å². The monoisotopic (exact) mass is 261 g/mol. The molecule has 1 aromatic carbocycles. The fraction of sp³-hybridized carbons (Fsp3) is 0.533. The quantitative estimate of drug-likeness (QED) is 0.879. The first-order chi connectivity index (χ1) is 8.90. The zero-order valence-corrected chi connectivity index (χ0v) is 12.1. The van der Waals surface area contributed by atoms with Crippen LogP contribution in [0, 0.1) is 11.8 Å². The van der Waals surface area contributed by atoms with Gasteiger partial charge in [-0.3, -0.25) is 0 Å². The Labute approximate surface area is 115 Å². The van der Waals surface area contributed by atoms with Gasteiger partial charge in [-0.15, -0.1) is 0 Å². The van der Waals surface area contributed by atoms with Crippen LogP contribution in [0.1, 0.15) is 37.9 Å². The van der Waals surface area contributed by atoms with Crippen LogP contribution in [0.25, 0.3) is 0 Å². The minimum Gasteiger partial charge on any atom is -0.324 e. The first-order valence-electron chi connectivity index (χ1n) is 6.80. The Morgan fingerprint density at radius 2 is 2.00 bits per heavy atom. The fourth-order valence-electron chi connectivity index (χ4n) is 2.33. The van der Waals surface area contributed by atoms with Crippen LogP contribution in [0.2, 0.25) is 0 Å². The summed E-state index contributed by atoms with van der Waals surface area (Å²) in [6.45, 7) is 7.20. The van der Waals surface area contributed by atoms with E-state index in [4.69, 9.17) is 5.73 Å². The molecule has 1 heterocycles. The van der Waals surface area contributed by atoms with Gasteiger partial charge in [0.1, 0.15) is 0 Å².